The van der Waals surface area contributed by atoms with Crippen molar-refractivity contribution in [3.05, 3.63) is 69.6 Å². The van der Waals surface area contributed by atoms with Gasteiger partial charge < -0.3 is 5.32 Å². The van der Waals surface area contributed by atoms with E-state index in [0.29, 0.717) is 4.47 Å². The molecule has 0 saturated heterocycles. The van der Waals surface area contributed by atoms with Crippen molar-refractivity contribution < 1.29 is 0 Å². The van der Waals surface area contributed by atoms with Gasteiger partial charge in [-0.3, -0.25) is 0 Å². The second kappa shape index (κ2) is 6.29. The number of aryl methyl sites for hydroxylation is 1. The van der Waals surface area contributed by atoms with E-state index in [0.717, 1.165) is 17.1 Å². The molecular formula is C17H15ClN2S. The van der Waals surface area contributed by atoms with Gasteiger partial charge in [0.15, 0.2) is 4.47 Å². The summed E-state index contributed by atoms with van der Waals surface area (Å²) in [6.45, 7) is 2.84. The predicted molar refractivity (Wildman–Crippen MR) is 91.1 cm³/mol. The Balaban J connectivity index is 1.67. The molecule has 0 bridgehead atoms. The van der Waals surface area contributed by atoms with Crippen LogP contribution >= 0.6 is 22.9 Å². The molecule has 4 heteroatoms. The number of aromatic nitrogens is 1. The van der Waals surface area contributed by atoms with Crippen LogP contribution in [0.25, 0.3) is 11.1 Å². The lowest BCUT2D eigenvalue weighted by atomic mass is 10.0. The van der Waals surface area contributed by atoms with Crippen LogP contribution < -0.4 is 5.32 Å². The highest BCUT2D eigenvalue weighted by molar-refractivity contribution is 7.15. The number of benzene rings is 2. The zero-order valence-electron chi connectivity index (χ0n) is 11.6. The molecule has 2 nitrogen and oxygen atoms in total. The zero-order valence-corrected chi connectivity index (χ0v) is 13.2. The lowest BCUT2D eigenvalue weighted by molar-refractivity contribution is 1.17. The molecule has 1 N–H and O–H groups in total. The van der Waals surface area contributed by atoms with Crippen LogP contribution in [0.2, 0.25) is 4.47 Å². The number of nitrogens with zero attached hydrogens (tertiary/aromatic N) is 1. The third kappa shape index (κ3) is 3.63. The maximum atomic E-state index is 5.82. The minimum absolute atomic E-state index is 0.585. The van der Waals surface area contributed by atoms with Crippen molar-refractivity contribution in [2.45, 2.75) is 13.5 Å². The first kappa shape index (κ1) is 14.1. The molecule has 0 atom stereocenters. The van der Waals surface area contributed by atoms with Crippen LogP contribution in [0.4, 0.5) is 5.69 Å². The van der Waals surface area contributed by atoms with E-state index in [1.54, 1.807) is 6.20 Å². The van der Waals surface area contributed by atoms with E-state index in [-0.39, 0.29) is 0 Å². The Hall–Kier alpha value is -1.84. The van der Waals surface area contributed by atoms with Crippen LogP contribution in [0.5, 0.6) is 0 Å². The van der Waals surface area contributed by atoms with Crippen molar-refractivity contribution in [1.29, 1.82) is 0 Å². The van der Waals surface area contributed by atoms with Crippen LogP contribution in [0, 0.1) is 6.92 Å². The molecule has 0 fully saturated rings. The highest BCUT2D eigenvalue weighted by atomic mass is 35.5. The van der Waals surface area contributed by atoms with E-state index in [1.165, 1.54) is 28.0 Å². The normalized spacial score (nSPS) is 10.6. The van der Waals surface area contributed by atoms with Gasteiger partial charge >= 0.3 is 0 Å². The van der Waals surface area contributed by atoms with Gasteiger partial charge in [-0.05, 0) is 30.2 Å². The van der Waals surface area contributed by atoms with E-state index < -0.39 is 0 Å². The van der Waals surface area contributed by atoms with Gasteiger partial charge in [0.25, 0.3) is 0 Å². The molecule has 0 aliphatic carbocycles. The van der Waals surface area contributed by atoms with Gasteiger partial charge in [0, 0.05) is 16.8 Å². The van der Waals surface area contributed by atoms with Crippen LogP contribution in [0.15, 0.2) is 54.7 Å². The van der Waals surface area contributed by atoms with E-state index in [2.05, 4.69) is 65.8 Å². The first-order valence-corrected chi connectivity index (χ1v) is 7.91. The van der Waals surface area contributed by atoms with E-state index in [9.17, 15) is 0 Å². The van der Waals surface area contributed by atoms with Gasteiger partial charge in [-0.25, -0.2) is 4.98 Å². The molecular weight excluding hydrogens is 300 g/mol. The highest BCUT2D eigenvalue weighted by Crippen LogP contribution is 2.23. The summed E-state index contributed by atoms with van der Waals surface area (Å²) in [6, 6.07) is 17.0. The fourth-order valence-corrected chi connectivity index (χ4v) is 3.00. The molecule has 1 heterocycles. The van der Waals surface area contributed by atoms with E-state index in [1.807, 2.05) is 0 Å². The molecule has 0 aliphatic heterocycles. The van der Waals surface area contributed by atoms with Crippen molar-refractivity contribution >= 4 is 28.6 Å². The number of halogens is 1. The van der Waals surface area contributed by atoms with Gasteiger partial charge in [0.1, 0.15) is 0 Å². The smallest absolute Gasteiger partial charge is 0.183 e. The molecule has 0 aliphatic rings. The molecule has 0 unspecified atom stereocenters. The Kier molecular flexibility index (Phi) is 4.23. The highest BCUT2D eigenvalue weighted by Gasteiger charge is 2.01. The Morgan fingerprint density at radius 3 is 2.19 bits per heavy atom. The molecule has 0 spiro atoms. The fraction of sp³-hybridized carbons (Fsp3) is 0.118. The monoisotopic (exact) mass is 314 g/mol. The predicted octanol–water partition coefficient (Wildman–Crippen LogP) is 5.38. The fourth-order valence-electron chi connectivity index (χ4n) is 2.08. The van der Waals surface area contributed by atoms with E-state index in [4.69, 9.17) is 11.6 Å². The summed E-state index contributed by atoms with van der Waals surface area (Å²) < 4.78 is 0.585. The minimum Gasteiger partial charge on any atom is -0.380 e. The summed E-state index contributed by atoms with van der Waals surface area (Å²) in [4.78, 5) is 5.16. The van der Waals surface area contributed by atoms with Crippen molar-refractivity contribution in [3.63, 3.8) is 0 Å². The first-order valence-electron chi connectivity index (χ1n) is 6.72. The minimum atomic E-state index is 0.585. The second-order valence-electron chi connectivity index (χ2n) is 4.88. The third-order valence-corrected chi connectivity index (χ3v) is 4.38. The maximum absolute atomic E-state index is 5.82. The summed E-state index contributed by atoms with van der Waals surface area (Å²) in [5, 5.41) is 3.37. The molecule has 21 heavy (non-hydrogen) atoms. The van der Waals surface area contributed by atoms with Gasteiger partial charge in [-0.2, -0.15) is 0 Å². The largest absolute Gasteiger partial charge is 0.380 e. The maximum Gasteiger partial charge on any atom is 0.183 e. The average molecular weight is 315 g/mol. The van der Waals surface area contributed by atoms with Crippen molar-refractivity contribution in [1.82, 2.24) is 4.98 Å². The molecule has 3 aromatic rings. The van der Waals surface area contributed by atoms with Crippen LogP contribution in [0.1, 0.15) is 10.4 Å². The molecule has 1 aromatic heterocycles. The van der Waals surface area contributed by atoms with Gasteiger partial charge in [-0.1, -0.05) is 53.6 Å². The number of nitrogens with one attached hydrogen (secondary N) is 1. The quantitative estimate of drug-likeness (QED) is 0.699. The summed E-state index contributed by atoms with van der Waals surface area (Å²) in [6.07, 6.45) is 1.81. The summed E-state index contributed by atoms with van der Waals surface area (Å²) in [7, 11) is 0. The third-order valence-electron chi connectivity index (χ3n) is 3.26. The molecule has 0 amide bonds. The summed E-state index contributed by atoms with van der Waals surface area (Å²) in [5.74, 6) is 0. The van der Waals surface area contributed by atoms with Crippen LogP contribution in [0.3, 0.4) is 0 Å². The van der Waals surface area contributed by atoms with Gasteiger partial charge in [-0.15, -0.1) is 11.3 Å². The SMILES string of the molecule is Cc1ccc(-c2ccc(NCc3cnc(Cl)s3)cc2)cc1. The van der Waals surface area contributed by atoms with E-state index >= 15 is 0 Å². The molecule has 2 aromatic carbocycles. The summed E-state index contributed by atoms with van der Waals surface area (Å²) >= 11 is 7.32. The van der Waals surface area contributed by atoms with Crippen LogP contribution in [-0.4, -0.2) is 4.98 Å². The average Bonchev–Trinajstić information content (AvgIpc) is 2.92. The topological polar surface area (TPSA) is 24.9 Å². The Labute approximate surface area is 133 Å². The Bertz CT molecular complexity index is 717. The molecule has 0 saturated carbocycles. The first-order chi connectivity index (χ1) is 10.2. The van der Waals surface area contributed by atoms with Crippen LogP contribution in [-0.2, 0) is 6.54 Å². The Morgan fingerprint density at radius 1 is 1.00 bits per heavy atom. The lowest BCUT2D eigenvalue weighted by Gasteiger charge is -2.07. The molecule has 3 rings (SSSR count). The molecule has 0 radical (unpaired) electrons. The summed E-state index contributed by atoms with van der Waals surface area (Å²) in [5.41, 5.74) is 4.83. The van der Waals surface area contributed by atoms with Crippen molar-refractivity contribution in [3.8, 4) is 11.1 Å². The van der Waals surface area contributed by atoms with Crippen molar-refractivity contribution in [2.24, 2.45) is 0 Å². The Morgan fingerprint density at radius 2 is 1.62 bits per heavy atom. The zero-order chi connectivity index (χ0) is 14.7. The van der Waals surface area contributed by atoms with Gasteiger partial charge in [0.05, 0.1) is 6.54 Å². The number of hydrogen-bond donors (Lipinski definition) is 1. The standard InChI is InChI=1S/C17H15ClN2S/c1-12-2-4-13(5-3-12)14-6-8-15(9-7-14)19-10-16-11-20-17(18)21-16/h2-9,11,19H,10H2,1H3. The lowest BCUT2D eigenvalue weighted by Crippen LogP contribution is -1.96. The molecule has 106 valence electrons. The number of hydrogen-bond acceptors (Lipinski definition) is 3. The van der Waals surface area contributed by atoms with Crippen molar-refractivity contribution in [2.75, 3.05) is 5.32 Å². The van der Waals surface area contributed by atoms with Gasteiger partial charge in [0.2, 0.25) is 0 Å². The second-order valence-corrected chi connectivity index (χ2v) is 6.57. The number of anilines is 1. The number of thiazole rings is 1. The number of rotatable bonds is 4.